The van der Waals surface area contributed by atoms with Crippen molar-refractivity contribution in [3.8, 4) is 5.75 Å². The lowest BCUT2D eigenvalue weighted by atomic mass is 10.2. The highest BCUT2D eigenvalue weighted by atomic mass is 35.5. The molecular weight excluding hydrogens is 279 g/mol. The van der Waals surface area contributed by atoms with Crippen LogP contribution in [0.4, 0.5) is 15.8 Å². The lowest BCUT2D eigenvalue weighted by Crippen LogP contribution is -1.94. The van der Waals surface area contributed by atoms with Crippen molar-refractivity contribution in [2.75, 3.05) is 12.4 Å². The Bertz CT molecular complexity index is 770. The van der Waals surface area contributed by atoms with Crippen LogP contribution in [-0.2, 0) is 0 Å². The molecule has 0 saturated carbocycles. The van der Waals surface area contributed by atoms with Gasteiger partial charge in [0.25, 0.3) is 0 Å². The molecule has 1 aromatic heterocycles. The maximum absolute atomic E-state index is 13.4. The standard InChI is InChI=1S/C15H12ClFN2O/c1-20-15-8-10(2-3-12(15)17)19-14-7-9(16)6-13-11(14)4-5-18-13/h2-8,18-19H,1H3. The van der Waals surface area contributed by atoms with Crippen LogP contribution in [0.5, 0.6) is 5.75 Å². The number of fused-ring (bicyclic) bond motifs is 1. The summed E-state index contributed by atoms with van der Waals surface area (Å²) in [4.78, 5) is 3.11. The molecule has 3 nitrogen and oxygen atoms in total. The van der Waals surface area contributed by atoms with Gasteiger partial charge in [0.15, 0.2) is 11.6 Å². The maximum atomic E-state index is 13.4. The molecule has 3 rings (SSSR count). The number of aromatic amines is 1. The summed E-state index contributed by atoms with van der Waals surface area (Å²) >= 11 is 6.09. The molecule has 0 radical (unpaired) electrons. The Hall–Kier alpha value is -2.20. The summed E-state index contributed by atoms with van der Waals surface area (Å²) < 4.78 is 18.4. The molecule has 3 aromatic rings. The summed E-state index contributed by atoms with van der Waals surface area (Å²) in [5, 5.41) is 4.86. The smallest absolute Gasteiger partial charge is 0.165 e. The van der Waals surface area contributed by atoms with Gasteiger partial charge in [0.2, 0.25) is 0 Å². The van der Waals surface area contributed by atoms with Gasteiger partial charge < -0.3 is 15.0 Å². The quantitative estimate of drug-likeness (QED) is 0.733. The highest BCUT2D eigenvalue weighted by molar-refractivity contribution is 6.31. The van der Waals surface area contributed by atoms with Crippen molar-refractivity contribution in [3.05, 3.63) is 53.4 Å². The second kappa shape index (κ2) is 5.06. The Balaban J connectivity index is 2.02. The van der Waals surface area contributed by atoms with Gasteiger partial charge in [0.05, 0.1) is 7.11 Å². The van der Waals surface area contributed by atoms with Gasteiger partial charge in [-0.15, -0.1) is 0 Å². The summed E-state index contributed by atoms with van der Waals surface area (Å²) in [6.45, 7) is 0. The Morgan fingerprint density at radius 3 is 2.85 bits per heavy atom. The van der Waals surface area contributed by atoms with Gasteiger partial charge in [0, 0.05) is 39.6 Å². The van der Waals surface area contributed by atoms with Gasteiger partial charge in [-0.25, -0.2) is 4.39 Å². The average molecular weight is 291 g/mol. The zero-order valence-electron chi connectivity index (χ0n) is 10.7. The molecule has 102 valence electrons. The highest BCUT2D eigenvalue weighted by Gasteiger charge is 2.07. The van der Waals surface area contributed by atoms with E-state index in [1.54, 1.807) is 12.1 Å². The second-order valence-corrected chi connectivity index (χ2v) is 4.80. The SMILES string of the molecule is COc1cc(Nc2cc(Cl)cc3[nH]ccc23)ccc1F. The van der Waals surface area contributed by atoms with Gasteiger partial charge in [0.1, 0.15) is 0 Å². The van der Waals surface area contributed by atoms with Crippen molar-refractivity contribution in [3.63, 3.8) is 0 Å². The Labute approximate surface area is 120 Å². The third kappa shape index (κ3) is 2.30. The van der Waals surface area contributed by atoms with E-state index in [2.05, 4.69) is 10.3 Å². The van der Waals surface area contributed by atoms with Gasteiger partial charge in [-0.1, -0.05) is 11.6 Å². The summed E-state index contributed by atoms with van der Waals surface area (Å²) in [5.41, 5.74) is 2.52. The molecule has 0 aliphatic heterocycles. The number of methoxy groups -OCH3 is 1. The Kier molecular flexibility index (Phi) is 3.24. The van der Waals surface area contributed by atoms with E-state index in [1.807, 2.05) is 24.4 Å². The van der Waals surface area contributed by atoms with Crippen molar-refractivity contribution < 1.29 is 9.13 Å². The molecule has 0 bridgehead atoms. The van der Waals surface area contributed by atoms with E-state index in [1.165, 1.54) is 13.2 Å². The molecule has 5 heteroatoms. The zero-order valence-corrected chi connectivity index (χ0v) is 11.5. The van der Waals surface area contributed by atoms with Crippen molar-refractivity contribution in [1.82, 2.24) is 4.98 Å². The summed E-state index contributed by atoms with van der Waals surface area (Å²) in [6.07, 6.45) is 1.84. The molecule has 0 amide bonds. The predicted molar refractivity (Wildman–Crippen MR) is 79.5 cm³/mol. The summed E-state index contributed by atoms with van der Waals surface area (Å²) in [6, 6.07) is 10.3. The predicted octanol–water partition coefficient (Wildman–Crippen LogP) is 4.71. The third-order valence-electron chi connectivity index (χ3n) is 3.06. The van der Waals surface area contributed by atoms with Crippen molar-refractivity contribution in [2.24, 2.45) is 0 Å². The van der Waals surface area contributed by atoms with Gasteiger partial charge in [-0.3, -0.25) is 0 Å². The monoisotopic (exact) mass is 290 g/mol. The van der Waals surface area contributed by atoms with E-state index >= 15 is 0 Å². The minimum Gasteiger partial charge on any atom is -0.494 e. The molecule has 2 aromatic carbocycles. The average Bonchev–Trinajstić information content (AvgIpc) is 2.89. The van der Waals surface area contributed by atoms with E-state index in [-0.39, 0.29) is 5.75 Å². The molecule has 0 saturated heterocycles. The fraction of sp³-hybridized carbons (Fsp3) is 0.0667. The molecular formula is C15H12ClFN2O. The number of benzene rings is 2. The molecule has 0 aliphatic rings. The van der Waals surface area contributed by atoms with Gasteiger partial charge >= 0.3 is 0 Å². The number of aromatic nitrogens is 1. The first-order valence-electron chi connectivity index (χ1n) is 6.04. The lowest BCUT2D eigenvalue weighted by molar-refractivity contribution is 0.387. The van der Waals surface area contributed by atoms with E-state index < -0.39 is 5.82 Å². The first-order chi connectivity index (χ1) is 9.67. The van der Waals surface area contributed by atoms with Gasteiger partial charge in [-0.2, -0.15) is 0 Å². The Morgan fingerprint density at radius 1 is 1.20 bits per heavy atom. The molecule has 0 spiro atoms. The van der Waals surface area contributed by atoms with Gasteiger partial charge in [-0.05, 0) is 30.3 Å². The number of nitrogens with one attached hydrogen (secondary N) is 2. The van der Waals surface area contributed by atoms with Crippen LogP contribution in [0.15, 0.2) is 42.6 Å². The molecule has 1 heterocycles. The first-order valence-corrected chi connectivity index (χ1v) is 6.42. The Morgan fingerprint density at radius 2 is 2.05 bits per heavy atom. The summed E-state index contributed by atoms with van der Waals surface area (Å²) in [7, 11) is 1.44. The van der Waals surface area contributed by atoms with Crippen LogP contribution < -0.4 is 10.1 Å². The number of rotatable bonds is 3. The van der Waals surface area contributed by atoms with Crippen LogP contribution in [-0.4, -0.2) is 12.1 Å². The van der Waals surface area contributed by atoms with Crippen molar-refractivity contribution in [1.29, 1.82) is 0 Å². The highest BCUT2D eigenvalue weighted by Crippen LogP contribution is 2.31. The fourth-order valence-electron chi connectivity index (χ4n) is 2.13. The van der Waals surface area contributed by atoms with Crippen molar-refractivity contribution >= 4 is 33.9 Å². The molecule has 2 N–H and O–H groups in total. The number of hydrogen-bond acceptors (Lipinski definition) is 2. The van der Waals surface area contributed by atoms with Crippen LogP contribution in [0, 0.1) is 5.82 Å². The largest absolute Gasteiger partial charge is 0.494 e. The van der Waals surface area contributed by atoms with Crippen LogP contribution >= 0.6 is 11.6 Å². The first kappa shape index (κ1) is 12.8. The third-order valence-corrected chi connectivity index (χ3v) is 3.28. The number of halogens is 2. The number of H-pyrrole nitrogens is 1. The molecule has 0 unspecified atom stereocenters. The fourth-order valence-corrected chi connectivity index (χ4v) is 2.35. The van der Waals surface area contributed by atoms with Crippen LogP contribution in [0.25, 0.3) is 10.9 Å². The van der Waals surface area contributed by atoms with Crippen LogP contribution in [0.2, 0.25) is 5.02 Å². The lowest BCUT2D eigenvalue weighted by Gasteiger charge is -2.10. The van der Waals surface area contributed by atoms with E-state index in [9.17, 15) is 4.39 Å². The number of anilines is 2. The van der Waals surface area contributed by atoms with E-state index in [0.717, 1.165) is 22.3 Å². The molecule has 20 heavy (non-hydrogen) atoms. The maximum Gasteiger partial charge on any atom is 0.165 e. The van der Waals surface area contributed by atoms with Crippen molar-refractivity contribution in [2.45, 2.75) is 0 Å². The van der Waals surface area contributed by atoms with Crippen LogP contribution in [0.1, 0.15) is 0 Å². The normalized spacial score (nSPS) is 10.8. The summed E-state index contributed by atoms with van der Waals surface area (Å²) in [5.74, 6) is -0.196. The molecule has 0 atom stereocenters. The topological polar surface area (TPSA) is 37.0 Å². The van der Waals surface area contributed by atoms with E-state index in [0.29, 0.717) is 5.02 Å². The van der Waals surface area contributed by atoms with E-state index in [4.69, 9.17) is 16.3 Å². The minimum absolute atomic E-state index is 0.197. The number of ether oxygens (including phenoxy) is 1. The number of hydrogen-bond donors (Lipinski definition) is 2. The minimum atomic E-state index is -0.393. The molecule has 0 aliphatic carbocycles. The van der Waals surface area contributed by atoms with Crippen LogP contribution in [0.3, 0.4) is 0 Å². The second-order valence-electron chi connectivity index (χ2n) is 4.37. The molecule has 0 fully saturated rings. The zero-order chi connectivity index (χ0) is 14.1.